The Labute approximate surface area is 269 Å². The SMILES string of the molecule is C=C(C)CCC(=O)[C@](C)(O)[C@H]1[C@H](O)C[C@@]2(C)[C@@H]3CCc4c(cc(O[C@@H]5O[C@H](CO)[C@@H](O)[C@H](O)[C@H]5O)c(O)c4C)[C@]3(C)C(=O)C[C@]12C. The number of phenols is 1. The summed E-state index contributed by atoms with van der Waals surface area (Å²) < 4.78 is 11.4. The van der Waals surface area contributed by atoms with Gasteiger partial charge in [0.1, 0.15) is 35.8 Å². The van der Waals surface area contributed by atoms with Crippen molar-refractivity contribution in [3.63, 3.8) is 0 Å². The van der Waals surface area contributed by atoms with Crippen molar-refractivity contribution in [3.05, 3.63) is 34.9 Å². The summed E-state index contributed by atoms with van der Waals surface area (Å²) in [5.41, 5.74) is -1.81. The maximum atomic E-state index is 14.6. The predicted molar refractivity (Wildman–Crippen MR) is 166 cm³/mol. The zero-order chi connectivity index (χ0) is 34.3. The molecule has 1 aromatic carbocycles. The van der Waals surface area contributed by atoms with E-state index in [-0.39, 0.29) is 48.2 Å². The molecule has 0 unspecified atom stereocenters. The van der Waals surface area contributed by atoms with Gasteiger partial charge < -0.3 is 45.2 Å². The van der Waals surface area contributed by atoms with E-state index in [1.165, 1.54) is 6.92 Å². The van der Waals surface area contributed by atoms with Gasteiger partial charge in [-0.1, -0.05) is 19.4 Å². The topological polar surface area (TPSA) is 194 Å². The van der Waals surface area contributed by atoms with Crippen LogP contribution in [0.2, 0.25) is 0 Å². The molecule has 0 aromatic heterocycles. The zero-order valence-corrected chi connectivity index (χ0v) is 27.6. The van der Waals surface area contributed by atoms with Gasteiger partial charge in [-0.3, -0.25) is 9.59 Å². The Morgan fingerprint density at radius 1 is 1.11 bits per heavy atom. The minimum atomic E-state index is -1.86. The Morgan fingerprint density at radius 3 is 2.37 bits per heavy atom. The number of allylic oxidation sites excluding steroid dienone is 1. The molecule has 3 aliphatic carbocycles. The maximum Gasteiger partial charge on any atom is 0.229 e. The summed E-state index contributed by atoms with van der Waals surface area (Å²) in [6.45, 7) is 14.0. The van der Waals surface area contributed by atoms with Gasteiger partial charge in [-0.25, -0.2) is 0 Å². The molecule has 46 heavy (non-hydrogen) atoms. The molecule has 1 aliphatic heterocycles. The summed E-state index contributed by atoms with van der Waals surface area (Å²) in [7, 11) is 0. The highest BCUT2D eigenvalue weighted by molar-refractivity contribution is 5.94. The predicted octanol–water partition coefficient (Wildman–Crippen LogP) is 1.74. The van der Waals surface area contributed by atoms with Crippen LogP contribution in [0, 0.1) is 29.6 Å². The van der Waals surface area contributed by atoms with Crippen molar-refractivity contribution in [2.75, 3.05) is 6.61 Å². The fraction of sp³-hybridized carbons (Fsp3) is 0.714. The number of phenolic OH excluding ortho intramolecular Hbond substituents is 1. The molecule has 3 fully saturated rings. The highest BCUT2D eigenvalue weighted by Crippen LogP contribution is 2.72. The molecule has 1 heterocycles. The van der Waals surface area contributed by atoms with Crippen molar-refractivity contribution in [2.24, 2.45) is 22.7 Å². The van der Waals surface area contributed by atoms with Gasteiger partial charge in [-0.05, 0) is 92.9 Å². The number of carbonyl (C=O) groups is 2. The summed E-state index contributed by atoms with van der Waals surface area (Å²) in [5, 5.41) is 75.2. The second-order valence-electron chi connectivity index (χ2n) is 15.2. The smallest absolute Gasteiger partial charge is 0.229 e. The first-order valence-corrected chi connectivity index (χ1v) is 16.2. The number of aromatic hydroxyl groups is 1. The molecular formula is C35H50O11. The molecule has 2 saturated carbocycles. The molecule has 0 spiro atoms. The summed E-state index contributed by atoms with van der Waals surface area (Å²) in [5.74, 6) is -2.00. The van der Waals surface area contributed by atoms with Crippen molar-refractivity contribution >= 4 is 11.6 Å². The van der Waals surface area contributed by atoms with Crippen molar-refractivity contribution in [2.45, 2.75) is 128 Å². The quantitative estimate of drug-likeness (QED) is 0.203. The maximum absolute atomic E-state index is 14.6. The van der Waals surface area contributed by atoms with Gasteiger partial charge in [0.05, 0.1) is 18.1 Å². The minimum absolute atomic E-state index is 0.00437. The third kappa shape index (κ3) is 4.88. The molecule has 5 rings (SSSR count). The number of benzene rings is 1. The number of Topliss-reactive ketones (excluding diaryl/α,β-unsaturated/α-hetero) is 2. The molecule has 256 valence electrons. The minimum Gasteiger partial charge on any atom is -0.504 e. The molecule has 12 atom stereocenters. The first kappa shape index (κ1) is 34.9. The lowest BCUT2D eigenvalue weighted by Gasteiger charge is -2.61. The highest BCUT2D eigenvalue weighted by atomic mass is 16.7. The molecular weight excluding hydrogens is 596 g/mol. The molecule has 0 radical (unpaired) electrons. The zero-order valence-electron chi connectivity index (χ0n) is 27.6. The van der Waals surface area contributed by atoms with Crippen LogP contribution in [0.15, 0.2) is 18.2 Å². The lowest BCUT2D eigenvalue weighted by atomic mass is 9.41. The van der Waals surface area contributed by atoms with E-state index < -0.39 is 71.2 Å². The van der Waals surface area contributed by atoms with Crippen LogP contribution in [-0.4, -0.2) is 96.3 Å². The average Bonchev–Trinajstić information content (AvgIpc) is 3.19. The summed E-state index contributed by atoms with van der Waals surface area (Å²) >= 11 is 0. The van der Waals surface area contributed by atoms with E-state index >= 15 is 0 Å². The summed E-state index contributed by atoms with van der Waals surface area (Å²) in [6.07, 6.45) is -6.86. The third-order valence-corrected chi connectivity index (χ3v) is 12.5. The Balaban J connectivity index is 1.54. The van der Waals surface area contributed by atoms with Crippen molar-refractivity contribution < 1.29 is 54.8 Å². The normalized spacial score (nSPS) is 41.6. The molecule has 0 amide bonds. The van der Waals surface area contributed by atoms with E-state index in [1.54, 1.807) is 13.0 Å². The van der Waals surface area contributed by atoms with Crippen LogP contribution in [-0.2, 0) is 26.2 Å². The molecule has 1 aromatic rings. The highest BCUT2D eigenvalue weighted by Gasteiger charge is 2.73. The third-order valence-electron chi connectivity index (χ3n) is 12.5. The van der Waals surface area contributed by atoms with Crippen molar-refractivity contribution in [1.29, 1.82) is 0 Å². The number of aliphatic hydroxyl groups excluding tert-OH is 5. The summed E-state index contributed by atoms with van der Waals surface area (Å²) in [6, 6.07) is 1.56. The largest absolute Gasteiger partial charge is 0.504 e. The number of rotatable bonds is 8. The van der Waals surface area contributed by atoms with Gasteiger partial charge in [-0.2, -0.15) is 0 Å². The number of fused-ring (bicyclic) bond motifs is 5. The van der Waals surface area contributed by atoms with Gasteiger partial charge in [-0.15, -0.1) is 6.58 Å². The van der Waals surface area contributed by atoms with Crippen molar-refractivity contribution in [1.82, 2.24) is 0 Å². The van der Waals surface area contributed by atoms with Gasteiger partial charge in [0, 0.05) is 18.8 Å². The monoisotopic (exact) mass is 646 g/mol. The number of carbonyl (C=O) groups excluding carboxylic acids is 2. The van der Waals surface area contributed by atoms with Gasteiger partial charge in [0.25, 0.3) is 0 Å². The number of hydrogen-bond donors (Lipinski definition) is 7. The number of ether oxygens (including phenoxy) is 2. The van der Waals surface area contributed by atoms with E-state index in [9.17, 15) is 45.3 Å². The summed E-state index contributed by atoms with van der Waals surface area (Å²) in [4.78, 5) is 28.0. The van der Waals surface area contributed by atoms with Gasteiger partial charge >= 0.3 is 0 Å². The van der Waals surface area contributed by atoms with Crippen LogP contribution in [0.25, 0.3) is 0 Å². The fourth-order valence-corrected chi connectivity index (χ4v) is 9.73. The van der Waals surface area contributed by atoms with E-state index in [0.29, 0.717) is 30.4 Å². The van der Waals surface area contributed by atoms with E-state index in [4.69, 9.17) is 9.47 Å². The van der Waals surface area contributed by atoms with E-state index in [0.717, 1.165) is 11.1 Å². The molecule has 11 heteroatoms. The molecule has 0 bridgehead atoms. The number of aliphatic hydroxyl groups is 6. The lowest BCUT2D eigenvalue weighted by molar-refractivity contribution is -0.277. The van der Waals surface area contributed by atoms with Crippen LogP contribution in [0.1, 0.15) is 83.4 Å². The Morgan fingerprint density at radius 2 is 1.76 bits per heavy atom. The van der Waals surface area contributed by atoms with E-state index in [2.05, 4.69) is 6.58 Å². The Kier molecular flexibility index (Phi) is 8.85. The lowest BCUT2D eigenvalue weighted by Crippen LogP contribution is -2.63. The number of ketones is 2. The van der Waals surface area contributed by atoms with Gasteiger partial charge in [0.15, 0.2) is 17.3 Å². The van der Waals surface area contributed by atoms with Crippen molar-refractivity contribution in [3.8, 4) is 11.5 Å². The second-order valence-corrected chi connectivity index (χ2v) is 15.2. The Hall–Kier alpha value is -2.38. The standard InChI is InChI=1S/C35H50O11/c1-16(2)8-11-24(38)35(7,44)30-20(37)13-32(4)23-10-9-18-17(3)26(40)21(12-19(18)34(23,6)25(39)14-33(30,32)5)45-31-29(43)28(42)27(41)22(15-36)46-31/h12,20,22-23,27-31,36-37,40-44H,1,8-11,13-15H2,2-7H3/t20-,22-,23+,27-,28+,29-,30+,31-,32+,33-,34+,35+/m1/s1. The van der Waals surface area contributed by atoms with Crippen LogP contribution in [0.5, 0.6) is 11.5 Å². The fourth-order valence-electron chi connectivity index (χ4n) is 9.73. The van der Waals surface area contributed by atoms with Crippen LogP contribution >= 0.6 is 0 Å². The average molecular weight is 647 g/mol. The molecule has 11 nitrogen and oxygen atoms in total. The molecule has 7 N–H and O–H groups in total. The van der Waals surface area contributed by atoms with E-state index in [1.807, 2.05) is 27.7 Å². The Bertz CT molecular complexity index is 1420. The van der Waals surface area contributed by atoms with Crippen LogP contribution in [0.4, 0.5) is 0 Å². The number of hydrogen-bond acceptors (Lipinski definition) is 11. The van der Waals surface area contributed by atoms with Crippen LogP contribution in [0.3, 0.4) is 0 Å². The van der Waals surface area contributed by atoms with Gasteiger partial charge in [0.2, 0.25) is 6.29 Å². The molecule has 4 aliphatic rings. The second kappa shape index (κ2) is 11.6. The first-order chi connectivity index (χ1) is 21.3. The first-order valence-electron chi connectivity index (χ1n) is 16.2. The van der Waals surface area contributed by atoms with Crippen LogP contribution < -0.4 is 4.74 Å². The molecule has 1 saturated heterocycles.